The highest BCUT2D eigenvalue weighted by molar-refractivity contribution is 6.05. The Bertz CT molecular complexity index is 1210. The molecule has 1 amide bonds. The Morgan fingerprint density at radius 3 is 2.64 bits per heavy atom. The zero-order valence-corrected chi connectivity index (χ0v) is 18.8. The number of carbonyl (C=O) groups excluding carboxylic acids is 2. The van der Waals surface area contributed by atoms with Gasteiger partial charge >= 0.3 is 0 Å². The number of aromatic nitrogens is 1. The fourth-order valence-corrected chi connectivity index (χ4v) is 4.72. The fourth-order valence-electron chi connectivity index (χ4n) is 4.72. The number of hydrogen-bond donors (Lipinski definition) is 2. The van der Waals surface area contributed by atoms with Crippen LogP contribution in [0.25, 0.3) is 10.9 Å². The first kappa shape index (κ1) is 21.3. The molecular weight excluding hydrogens is 422 g/mol. The van der Waals surface area contributed by atoms with Gasteiger partial charge in [-0.15, -0.1) is 0 Å². The lowest BCUT2D eigenvalue weighted by molar-refractivity contribution is -0.117. The van der Waals surface area contributed by atoms with Crippen molar-refractivity contribution >= 4 is 28.3 Å². The number of likely N-dealkylation sites (tertiary alicyclic amines) is 1. The van der Waals surface area contributed by atoms with E-state index in [1.165, 1.54) is 17.9 Å². The van der Waals surface area contributed by atoms with Crippen LogP contribution in [0, 0.1) is 0 Å². The van der Waals surface area contributed by atoms with Gasteiger partial charge in [-0.2, -0.15) is 0 Å². The maximum atomic E-state index is 12.8. The first-order valence-electron chi connectivity index (χ1n) is 11.1. The van der Waals surface area contributed by atoms with E-state index in [4.69, 9.17) is 14.2 Å². The van der Waals surface area contributed by atoms with Gasteiger partial charge in [0.25, 0.3) is 0 Å². The minimum absolute atomic E-state index is 0.113. The number of hydrogen-bond acceptors (Lipinski definition) is 6. The molecule has 1 aromatic heterocycles. The number of methoxy groups -OCH3 is 1. The highest BCUT2D eigenvalue weighted by Gasteiger charge is 2.25. The number of aromatic amines is 1. The second kappa shape index (κ2) is 8.78. The van der Waals surface area contributed by atoms with E-state index in [1.54, 1.807) is 19.2 Å². The average Bonchev–Trinajstić information content (AvgIpc) is 3.44. The maximum Gasteiger partial charge on any atom is 0.238 e. The normalized spacial score (nSPS) is 16.2. The largest absolute Gasteiger partial charge is 0.497 e. The summed E-state index contributed by atoms with van der Waals surface area (Å²) in [7, 11) is 1.68. The van der Waals surface area contributed by atoms with E-state index in [1.807, 2.05) is 12.1 Å². The van der Waals surface area contributed by atoms with E-state index >= 15 is 0 Å². The lowest BCUT2D eigenvalue weighted by Gasteiger charge is -2.31. The van der Waals surface area contributed by atoms with Crippen molar-refractivity contribution in [1.82, 2.24) is 9.88 Å². The van der Waals surface area contributed by atoms with Gasteiger partial charge in [0.05, 0.1) is 19.3 Å². The molecule has 8 heteroatoms. The van der Waals surface area contributed by atoms with Gasteiger partial charge in [0, 0.05) is 28.7 Å². The van der Waals surface area contributed by atoms with Crippen molar-refractivity contribution in [1.29, 1.82) is 0 Å². The number of ether oxygens (including phenoxy) is 3. The summed E-state index contributed by atoms with van der Waals surface area (Å²) in [5.41, 5.74) is 3.29. The van der Waals surface area contributed by atoms with Crippen molar-refractivity contribution in [3.63, 3.8) is 0 Å². The molecular formula is C25H27N3O5. The van der Waals surface area contributed by atoms with Gasteiger partial charge in [0.15, 0.2) is 17.3 Å². The first-order chi connectivity index (χ1) is 16.0. The van der Waals surface area contributed by atoms with Crippen molar-refractivity contribution in [2.45, 2.75) is 25.7 Å². The molecule has 2 aromatic carbocycles. The van der Waals surface area contributed by atoms with Crippen molar-refractivity contribution < 1.29 is 23.8 Å². The molecule has 3 aromatic rings. The SMILES string of the molecule is COc1ccc2[nH]cc(C3CCN(CC(=O)Nc4cc5c(cc4C(C)=O)OCO5)CC3)c2c1. The Balaban J connectivity index is 1.22. The number of fused-ring (bicyclic) bond motifs is 2. The summed E-state index contributed by atoms with van der Waals surface area (Å²) >= 11 is 0. The molecule has 1 fully saturated rings. The molecule has 8 nitrogen and oxygen atoms in total. The number of anilines is 1. The van der Waals surface area contributed by atoms with Crippen LogP contribution in [0.5, 0.6) is 17.2 Å². The molecule has 1 saturated heterocycles. The summed E-state index contributed by atoms with van der Waals surface area (Å²) in [5.74, 6) is 2.06. The molecule has 2 aliphatic heterocycles. The van der Waals surface area contributed by atoms with Crippen LogP contribution >= 0.6 is 0 Å². The molecule has 33 heavy (non-hydrogen) atoms. The lowest BCUT2D eigenvalue weighted by atomic mass is 9.89. The van der Waals surface area contributed by atoms with Crippen LogP contribution in [0.1, 0.15) is 41.6 Å². The Morgan fingerprint density at radius 1 is 1.15 bits per heavy atom. The minimum Gasteiger partial charge on any atom is -0.497 e. The topological polar surface area (TPSA) is 92.9 Å². The number of amides is 1. The second-order valence-corrected chi connectivity index (χ2v) is 8.56. The summed E-state index contributed by atoms with van der Waals surface area (Å²) < 4.78 is 16.1. The molecule has 3 heterocycles. The third kappa shape index (κ3) is 4.26. The van der Waals surface area contributed by atoms with Gasteiger partial charge in [0.1, 0.15) is 5.75 Å². The fraction of sp³-hybridized carbons (Fsp3) is 0.360. The quantitative estimate of drug-likeness (QED) is 0.554. The number of nitrogens with one attached hydrogen (secondary N) is 2. The zero-order valence-electron chi connectivity index (χ0n) is 18.8. The average molecular weight is 450 g/mol. The number of nitrogens with zero attached hydrogens (tertiary/aromatic N) is 1. The highest BCUT2D eigenvalue weighted by Crippen LogP contribution is 2.38. The Hall–Kier alpha value is -3.52. The molecule has 0 aliphatic carbocycles. The van der Waals surface area contributed by atoms with Crippen molar-refractivity contribution in [3.8, 4) is 17.2 Å². The van der Waals surface area contributed by atoms with E-state index in [0.717, 1.165) is 37.2 Å². The molecule has 0 radical (unpaired) electrons. The smallest absolute Gasteiger partial charge is 0.238 e. The summed E-state index contributed by atoms with van der Waals surface area (Å²) in [5, 5.41) is 4.09. The van der Waals surface area contributed by atoms with Crippen LogP contribution in [0.3, 0.4) is 0 Å². The van der Waals surface area contributed by atoms with Crippen LogP contribution in [0.2, 0.25) is 0 Å². The Labute approximate surface area is 191 Å². The van der Waals surface area contributed by atoms with Crippen LogP contribution in [-0.4, -0.2) is 55.1 Å². The third-order valence-electron chi connectivity index (χ3n) is 6.48. The van der Waals surface area contributed by atoms with Gasteiger partial charge in [-0.25, -0.2) is 0 Å². The van der Waals surface area contributed by atoms with E-state index in [2.05, 4.69) is 27.5 Å². The highest BCUT2D eigenvalue weighted by atomic mass is 16.7. The number of H-pyrrole nitrogens is 1. The van der Waals surface area contributed by atoms with Crippen LogP contribution in [0.15, 0.2) is 36.5 Å². The van der Waals surface area contributed by atoms with Gasteiger partial charge in [0.2, 0.25) is 12.7 Å². The summed E-state index contributed by atoms with van der Waals surface area (Å²) in [6.07, 6.45) is 4.04. The lowest BCUT2D eigenvalue weighted by Crippen LogP contribution is -2.38. The van der Waals surface area contributed by atoms with E-state index < -0.39 is 0 Å². The van der Waals surface area contributed by atoms with Crippen LogP contribution < -0.4 is 19.5 Å². The number of Topliss-reactive ketones (excluding diaryl/α,β-unsaturated/α-hetero) is 1. The van der Waals surface area contributed by atoms with Crippen LogP contribution in [0.4, 0.5) is 5.69 Å². The third-order valence-corrected chi connectivity index (χ3v) is 6.48. The van der Waals surface area contributed by atoms with Crippen LogP contribution in [-0.2, 0) is 4.79 Å². The molecule has 2 N–H and O–H groups in total. The van der Waals surface area contributed by atoms with Crippen molar-refractivity contribution in [2.24, 2.45) is 0 Å². The number of ketones is 1. The second-order valence-electron chi connectivity index (χ2n) is 8.56. The number of carbonyl (C=O) groups is 2. The molecule has 0 bridgehead atoms. The number of piperidine rings is 1. The minimum atomic E-state index is -0.147. The molecule has 0 spiro atoms. The zero-order chi connectivity index (χ0) is 22.9. The Morgan fingerprint density at radius 2 is 1.91 bits per heavy atom. The maximum absolute atomic E-state index is 12.8. The van der Waals surface area contributed by atoms with Crippen molar-refractivity contribution in [2.75, 3.05) is 38.9 Å². The predicted octanol–water partition coefficient (Wildman–Crippen LogP) is 3.93. The molecule has 172 valence electrons. The number of rotatable bonds is 6. The molecule has 2 aliphatic rings. The van der Waals surface area contributed by atoms with Gasteiger partial charge in [-0.3, -0.25) is 14.5 Å². The summed E-state index contributed by atoms with van der Waals surface area (Å²) in [6.45, 7) is 3.52. The molecule has 5 rings (SSSR count). The van der Waals surface area contributed by atoms with E-state index in [-0.39, 0.29) is 25.0 Å². The molecule has 0 saturated carbocycles. The van der Waals surface area contributed by atoms with Gasteiger partial charge in [-0.1, -0.05) is 0 Å². The van der Waals surface area contributed by atoms with Gasteiger partial charge < -0.3 is 24.5 Å². The summed E-state index contributed by atoms with van der Waals surface area (Å²) in [6, 6.07) is 9.37. The Kier molecular flexibility index (Phi) is 5.68. The van der Waals surface area contributed by atoms with Gasteiger partial charge in [-0.05, 0) is 68.6 Å². The molecule has 0 atom stereocenters. The van der Waals surface area contributed by atoms with E-state index in [0.29, 0.717) is 28.7 Å². The summed E-state index contributed by atoms with van der Waals surface area (Å²) in [4.78, 5) is 30.3. The standard InChI is InChI=1S/C25H27N3O5/c1-15(29)18-10-23-24(33-14-32-23)11-22(18)27-25(30)13-28-7-5-16(6-8-28)20-12-26-21-4-3-17(31-2)9-19(20)21/h3-4,9-12,16,26H,5-8,13-14H2,1-2H3,(H,27,30). The number of benzene rings is 2. The monoisotopic (exact) mass is 449 g/mol. The molecule has 0 unspecified atom stereocenters. The van der Waals surface area contributed by atoms with E-state index in [9.17, 15) is 9.59 Å². The van der Waals surface area contributed by atoms with Crippen molar-refractivity contribution in [3.05, 3.63) is 47.7 Å². The predicted molar refractivity (Wildman–Crippen MR) is 124 cm³/mol. The first-order valence-corrected chi connectivity index (χ1v) is 11.1.